The molecule has 8 nitrogen and oxygen atoms in total. The fraction of sp³-hybridized carbons (Fsp3) is 0.625. The number of aromatic nitrogens is 4. The van der Waals surface area contributed by atoms with E-state index in [1.165, 1.54) is 21.8 Å². The van der Waals surface area contributed by atoms with Crippen molar-refractivity contribution in [1.82, 2.24) is 29.5 Å². The molecule has 2 heterocycles. The van der Waals surface area contributed by atoms with Crippen molar-refractivity contribution in [3.63, 3.8) is 0 Å². The van der Waals surface area contributed by atoms with Crippen LogP contribution in [-0.4, -0.2) is 56.8 Å². The zero-order valence-corrected chi connectivity index (χ0v) is 15.0. The number of fused-ring (bicyclic) bond motifs is 1. The molecule has 0 radical (unpaired) electrons. The maximum atomic E-state index is 12.4. The number of carbonyl (C=O) groups excluding carboxylic acids is 1. The summed E-state index contributed by atoms with van der Waals surface area (Å²) in [4.78, 5) is 31.0. The van der Waals surface area contributed by atoms with Gasteiger partial charge < -0.3 is 10.2 Å². The van der Waals surface area contributed by atoms with E-state index in [0.717, 1.165) is 13.0 Å². The van der Waals surface area contributed by atoms with Gasteiger partial charge >= 0.3 is 0 Å². The van der Waals surface area contributed by atoms with Gasteiger partial charge in [-0.1, -0.05) is 13.8 Å². The molecule has 0 spiro atoms. The fourth-order valence-corrected chi connectivity index (χ4v) is 2.80. The van der Waals surface area contributed by atoms with E-state index in [9.17, 15) is 9.59 Å². The van der Waals surface area contributed by atoms with Crippen molar-refractivity contribution in [2.75, 3.05) is 20.6 Å². The van der Waals surface area contributed by atoms with Gasteiger partial charge in [0.05, 0.1) is 6.20 Å². The number of rotatable bonds is 7. The zero-order valence-electron chi connectivity index (χ0n) is 15.0. The molecule has 2 aromatic heterocycles. The van der Waals surface area contributed by atoms with Gasteiger partial charge in [0.1, 0.15) is 18.3 Å². The molecule has 1 amide bonds. The number of hydrogen-bond donors (Lipinski definition) is 1. The van der Waals surface area contributed by atoms with Crippen molar-refractivity contribution >= 4 is 16.9 Å². The van der Waals surface area contributed by atoms with Gasteiger partial charge in [-0.3, -0.25) is 18.8 Å². The Hall–Kier alpha value is -2.22. The van der Waals surface area contributed by atoms with Crippen LogP contribution < -0.4 is 10.9 Å². The summed E-state index contributed by atoms with van der Waals surface area (Å²) in [5.41, 5.74) is 0.262. The van der Waals surface area contributed by atoms with Crippen molar-refractivity contribution in [1.29, 1.82) is 0 Å². The van der Waals surface area contributed by atoms with Crippen LogP contribution in [0, 0.1) is 5.92 Å². The van der Waals surface area contributed by atoms with Gasteiger partial charge in [0.2, 0.25) is 5.91 Å². The molecule has 24 heavy (non-hydrogen) atoms. The fourth-order valence-electron chi connectivity index (χ4n) is 2.80. The predicted molar refractivity (Wildman–Crippen MR) is 92.7 cm³/mol. The Labute approximate surface area is 141 Å². The molecule has 0 aromatic carbocycles. The molecule has 0 saturated carbocycles. The van der Waals surface area contributed by atoms with E-state index >= 15 is 0 Å². The largest absolute Gasteiger partial charge is 0.351 e. The summed E-state index contributed by atoms with van der Waals surface area (Å²) >= 11 is 0. The number of nitrogens with one attached hydrogen (secondary N) is 1. The molecule has 1 N–H and O–H groups in total. The number of carbonyl (C=O) groups is 1. The molecule has 8 heteroatoms. The molecule has 0 bridgehead atoms. The first kappa shape index (κ1) is 18.1. The molecule has 0 unspecified atom stereocenters. The minimum Gasteiger partial charge on any atom is -0.351 e. The summed E-state index contributed by atoms with van der Waals surface area (Å²) < 4.78 is 2.86. The molecule has 0 aliphatic carbocycles. The second-order valence-corrected chi connectivity index (χ2v) is 6.84. The number of nitrogens with zero attached hydrogens (tertiary/aromatic N) is 5. The maximum absolute atomic E-state index is 12.4. The van der Waals surface area contributed by atoms with Crippen LogP contribution in [0.5, 0.6) is 0 Å². The zero-order chi connectivity index (χ0) is 17.9. The highest BCUT2D eigenvalue weighted by Crippen LogP contribution is 2.06. The molecule has 0 fully saturated rings. The average Bonchev–Trinajstić information content (AvgIpc) is 2.82. The van der Waals surface area contributed by atoms with E-state index in [2.05, 4.69) is 29.2 Å². The lowest BCUT2D eigenvalue weighted by atomic mass is 10.0. The van der Waals surface area contributed by atoms with Gasteiger partial charge in [0.15, 0.2) is 5.65 Å². The normalized spacial score (nSPS) is 13.0. The minimum absolute atomic E-state index is 0.0430. The Morgan fingerprint density at radius 3 is 2.71 bits per heavy atom. The number of aryl methyl sites for hydroxylation is 1. The van der Waals surface area contributed by atoms with Crippen LogP contribution in [-0.2, 0) is 18.4 Å². The van der Waals surface area contributed by atoms with Crippen LogP contribution in [0.15, 0.2) is 17.3 Å². The van der Waals surface area contributed by atoms with Crippen LogP contribution >= 0.6 is 0 Å². The van der Waals surface area contributed by atoms with Gasteiger partial charge in [0.25, 0.3) is 5.56 Å². The van der Waals surface area contributed by atoms with E-state index in [1.807, 2.05) is 19.0 Å². The standard InChI is InChI=1S/C16H26N6O2/c1-11(2)6-12(8-20(3)4)19-14(23)9-22-10-17-15-13(16(22)24)7-18-21(15)5/h7,10-12H,6,8-9H2,1-5H3,(H,19,23)/t12-/m1/s1. The molecule has 2 rings (SSSR count). The van der Waals surface area contributed by atoms with Crippen molar-refractivity contribution in [2.45, 2.75) is 32.9 Å². The SMILES string of the molecule is CC(C)C[C@H](CN(C)C)NC(=O)Cn1cnc2c(cnn2C)c1=O. The first-order chi connectivity index (χ1) is 11.3. The third kappa shape index (κ3) is 4.41. The van der Waals surface area contributed by atoms with Crippen molar-refractivity contribution in [3.05, 3.63) is 22.9 Å². The molecular weight excluding hydrogens is 308 g/mol. The lowest BCUT2D eigenvalue weighted by molar-refractivity contribution is -0.122. The molecule has 0 aliphatic heterocycles. The smallest absolute Gasteiger partial charge is 0.264 e. The summed E-state index contributed by atoms with van der Waals surface area (Å²) in [5.74, 6) is 0.293. The molecule has 132 valence electrons. The molecule has 0 saturated heterocycles. The Balaban J connectivity index is 2.10. The summed E-state index contributed by atoms with van der Waals surface area (Å²) in [6, 6.07) is 0.0540. The monoisotopic (exact) mass is 334 g/mol. The quantitative estimate of drug-likeness (QED) is 0.783. The summed E-state index contributed by atoms with van der Waals surface area (Å²) in [5, 5.41) is 7.46. The van der Waals surface area contributed by atoms with E-state index in [1.54, 1.807) is 7.05 Å². The average molecular weight is 334 g/mol. The Morgan fingerprint density at radius 1 is 1.38 bits per heavy atom. The van der Waals surface area contributed by atoms with Gasteiger partial charge in [-0.15, -0.1) is 0 Å². The molecule has 0 aliphatic rings. The van der Waals surface area contributed by atoms with Crippen molar-refractivity contribution < 1.29 is 4.79 Å². The minimum atomic E-state index is -0.253. The third-order valence-corrected chi connectivity index (χ3v) is 3.74. The van der Waals surface area contributed by atoms with Gasteiger partial charge in [-0.2, -0.15) is 5.10 Å². The van der Waals surface area contributed by atoms with Crippen molar-refractivity contribution in [2.24, 2.45) is 13.0 Å². The predicted octanol–water partition coefficient (Wildman–Crippen LogP) is 0.223. The first-order valence-corrected chi connectivity index (χ1v) is 8.09. The first-order valence-electron chi connectivity index (χ1n) is 8.09. The number of hydrogen-bond acceptors (Lipinski definition) is 5. The highest BCUT2D eigenvalue weighted by Gasteiger charge is 2.16. The molecular formula is C16H26N6O2. The van der Waals surface area contributed by atoms with Crippen molar-refractivity contribution in [3.8, 4) is 0 Å². The van der Waals surface area contributed by atoms with E-state index in [0.29, 0.717) is 17.0 Å². The van der Waals surface area contributed by atoms with E-state index in [-0.39, 0.29) is 24.1 Å². The second kappa shape index (κ2) is 7.57. The summed E-state index contributed by atoms with van der Waals surface area (Å²) in [6.45, 7) is 4.97. The van der Waals surface area contributed by atoms with Gasteiger partial charge in [-0.05, 0) is 26.4 Å². The van der Waals surface area contributed by atoms with Crippen LogP contribution in [0.1, 0.15) is 20.3 Å². The highest BCUT2D eigenvalue weighted by molar-refractivity contribution is 5.77. The highest BCUT2D eigenvalue weighted by atomic mass is 16.2. The summed E-state index contributed by atoms with van der Waals surface area (Å²) in [7, 11) is 5.68. The van der Waals surface area contributed by atoms with Gasteiger partial charge in [0, 0.05) is 19.6 Å². The number of likely N-dealkylation sites (N-methyl/N-ethyl adjacent to an activating group) is 1. The molecule has 2 aromatic rings. The lowest BCUT2D eigenvalue weighted by Crippen LogP contribution is -2.44. The van der Waals surface area contributed by atoms with E-state index < -0.39 is 0 Å². The van der Waals surface area contributed by atoms with Gasteiger partial charge in [-0.25, -0.2) is 4.98 Å². The summed E-state index contributed by atoms with van der Waals surface area (Å²) in [6.07, 6.45) is 3.76. The third-order valence-electron chi connectivity index (χ3n) is 3.74. The Morgan fingerprint density at radius 2 is 2.08 bits per heavy atom. The second-order valence-electron chi connectivity index (χ2n) is 6.84. The number of amides is 1. The van der Waals surface area contributed by atoms with E-state index in [4.69, 9.17) is 0 Å². The topological polar surface area (TPSA) is 85.1 Å². The maximum Gasteiger partial charge on any atom is 0.264 e. The Kier molecular flexibility index (Phi) is 5.71. The lowest BCUT2D eigenvalue weighted by Gasteiger charge is -2.24. The van der Waals surface area contributed by atoms with Crippen LogP contribution in [0.3, 0.4) is 0 Å². The van der Waals surface area contributed by atoms with Crippen LogP contribution in [0.2, 0.25) is 0 Å². The van der Waals surface area contributed by atoms with Crippen LogP contribution in [0.4, 0.5) is 0 Å². The Bertz CT molecular complexity index is 752. The molecule has 1 atom stereocenters. The van der Waals surface area contributed by atoms with Crippen LogP contribution in [0.25, 0.3) is 11.0 Å².